The lowest BCUT2D eigenvalue weighted by Gasteiger charge is -2.27. The van der Waals surface area contributed by atoms with E-state index in [2.05, 4.69) is 4.90 Å². The van der Waals surface area contributed by atoms with Gasteiger partial charge < -0.3 is 14.3 Å². The summed E-state index contributed by atoms with van der Waals surface area (Å²) in [6.45, 7) is 2.22. The third-order valence-corrected chi connectivity index (χ3v) is 4.43. The topological polar surface area (TPSA) is 62.9 Å². The first-order valence-electron chi connectivity index (χ1n) is 7.78. The van der Waals surface area contributed by atoms with Crippen LogP contribution in [0.3, 0.4) is 0 Å². The van der Waals surface area contributed by atoms with Gasteiger partial charge in [0, 0.05) is 37.2 Å². The summed E-state index contributed by atoms with van der Waals surface area (Å²) in [5.74, 6) is -0.0940. The van der Waals surface area contributed by atoms with Gasteiger partial charge in [-0.15, -0.1) is 0 Å². The Morgan fingerprint density at radius 1 is 1.35 bits per heavy atom. The third kappa shape index (κ3) is 3.86. The molecule has 0 saturated carbocycles. The minimum Gasteiger partial charge on any atom is -0.506 e. The van der Waals surface area contributed by atoms with Crippen molar-refractivity contribution in [3.05, 3.63) is 39.2 Å². The molecule has 1 saturated heterocycles. The number of hydrogen-bond acceptors (Lipinski definition) is 5. The van der Waals surface area contributed by atoms with Gasteiger partial charge in [0.15, 0.2) is 0 Å². The van der Waals surface area contributed by atoms with E-state index in [0.717, 1.165) is 36.9 Å². The van der Waals surface area contributed by atoms with Gasteiger partial charge in [-0.3, -0.25) is 4.90 Å². The van der Waals surface area contributed by atoms with Crippen LogP contribution in [0.2, 0.25) is 5.02 Å². The standard InChI is InChI=1S/C17H20ClNO4/c1-19(10-12-4-2-3-5-22-12)9-11-6-17(21)23-16-8-15(20)14(18)7-13(11)16/h6-8,12,20H,2-5,9-10H2,1H3/t12-/m1/s1. The van der Waals surface area contributed by atoms with Gasteiger partial charge in [-0.1, -0.05) is 11.6 Å². The van der Waals surface area contributed by atoms with Gasteiger partial charge in [0.2, 0.25) is 0 Å². The number of likely N-dealkylation sites (N-methyl/N-ethyl adjacent to an activating group) is 1. The molecule has 1 atom stereocenters. The summed E-state index contributed by atoms with van der Waals surface area (Å²) >= 11 is 5.99. The fourth-order valence-corrected chi connectivity index (χ4v) is 3.18. The number of phenolic OH excluding ortho intramolecular Hbond substituents is 1. The fraction of sp³-hybridized carbons (Fsp3) is 0.471. The smallest absolute Gasteiger partial charge is 0.336 e. The van der Waals surface area contributed by atoms with Crippen LogP contribution in [0.5, 0.6) is 5.75 Å². The maximum atomic E-state index is 11.7. The zero-order valence-electron chi connectivity index (χ0n) is 13.0. The predicted octanol–water partition coefficient (Wildman–Crippen LogP) is 3.15. The van der Waals surface area contributed by atoms with E-state index in [4.69, 9.17) is 20.8 Å². The minimum absolute atomic E-state index is 0.0940. The summed E-state index contributed by atoms with van der Waals surface area (Å²) in [6, 6.07) is 4.50. The number of ether oxygens (including phenoxy) is 1. The van der Waals surface area contributed by atoms with Crippen molar-refractivity contribution >= 4 is 22.6 Å². The molecule has 6 heteroatoms. The summed E-state index contributed by atoms with van der Waals surface area (Å²) in [6.07, 6.45) is 3.65. The SMILES string of the molecule is CN(Cc1cc(=O)oc2cc(O)c(Cl)cc12)C[C@H]1CCCCO1. The second kappa shape index (κ2) is 6.91. The van der Waals surface area contributed by atoms with Crippen molar-refractivity contribution in [2.75, 3.05) is 20.2 Å². The van der Waals surface area contributed by atoms with Gasteiger partial charge in [0.05, 0.1) is 11.1 Å². The molecule has 0 aliphatic carbocycles. The monoisotopic (exact) mass is 337 g/mol. The number of halogens is 1. The molecule has 1 aliphatic heterocycles. The third-order valence-electron chi connectivity index (χ3n) is 4.13. The van der Waals surface area contributed by atoms with E-state index < -0.39 is 5.63 Å². The molecule has 0 spiro atoms. The second-order valence-corrected chi connectivity index (χ2v) is 6.48. The maximum absolute atomic E-state index is 11.7. The molecule has 1 N–H and O–H groups in total. The first-order valence-corrected chi connectivity index (χ1v) is 8.16. The Morgan fingerprint density at radius 2 is 2.17 bits per heavy atom. The highest BCUT2D eigenvalue weighted by Gasteiger charge is 2.17. The van der Waals surface area contributed by atoms with Crippen LogP contribution in [-0.2, 0) is 11.3 Å². The van der Waals surface area contributed by atoms with Crippen LogP contribution in [-0.4, -0.2) is 36.3 Å². The Hall–Kier alpha value is -1.56. The summed E-state index contributed by atoms with van der Waals surface area (Å²) in [7, 11) is 2.00. The molecular formula is C17H20ClNO4. The van der Waals surface area contributed by atoms with Crippen LogP contribution in [0.1, 0.15) is 24.8 Å². The van der Waals surface area contributed by atoms with Gasteiger partial charge in [-0.25, -0.2) is 4.79 Å². The fourth-order valence-electron chi connectivity index (χ4n) is 3.02. The van der Waals surface area contributed by atoms with E-state index in [9.17, 15) is 9.90 Å². The van der Waals surface area contributed by atoms with Crippen LogP contribution in [0.15, 0.2) is 27.4 Å². The molecule has 0 radical (unpaired) electrons. The van der Waals surface area contributed by atoms with Crippen molar-refractivity contribution in [2.45, 2.75) is 31.9 Å². The second-order valence-electron chi connectivity index (χ2n) is 6.08. The predicted molar refractivity (Wildman–Crippen MR) is 89.1 cm³/mol. The van der Waals surface area contributed by atoms with Gasteiger partial charge >= 0.3 is 5.63 Å². The molecule has 2 heterocycles. The van der Waals surface area contributed by atoms with Gasteiger partial charge in [0.1, 0.15) is 11.3 Å². The normalized spacial score (nSPS) is 18.7. The summed E-state index contributed by atoms with van der Waals surface area (Å²) in [5, 5.41) is 10.7. The number of fused-ring (bicyclic) bond motifs is 1. The Balaban J connectivity index is 1.83. The van der Waals surface area contributed by atoms with E-state index in [0.29, 0.717) is 12.1 Å². The molecule has 1 aromatic carbocycles. The summed E-state index contributed by atoms with van der Waals surface area (Å²) in [5.41, 5.74) is 0.740. The number of rotatable bonds is 4. The lowest BCUT2D eigenvalue weighted by molar-refractivity contribution is -0.00255. The zero-order valence-corrected chi connectivity index (χ0v) is 13.8. The molecule has 0 bridgehead atoms. The molecule has 1 fully saturated rings. The molecule has 23 heavy (non-hydrogen) atoms. The Labute approximate surface area is 139 Å². The number of aromatic hydroxyl groups is 1. The maximum Gasteiger partial charge on any atom is 0.336 e. The highest BCUT2D eigenvalue weighted by atomic mass is 35.5. The molecule has 1 aromatic heterocycles. The Bertz CT molecular complexity index is 752. The van der Waals surface area contributed by atoms with E-state index >= 15 is 0 Å². The summed E-state index contributed by atoms with van der Waals surface area (Å²) < 4.78 is 10.9. The zero-order chi connectivity index (χ0) is 16.4. The largest absolute Gasteiger partial charge is 0.506 e. The van der Waals surface area contributed by atoms with Gasteiger partial charge in [-0.05, 0) is 37.9 Å². The van der Waals surface area contributed by atoms with Gasteiger partial charge in [-0.2, -0.15) is 0 Å². The van der Waals surface area contributed by atoms with Crippen LogP contribution in [0, 0.1) is 0 Å². The molecule has 2 aromatic rings. The van der Waals surface area contributed by atoms with E-state index in [-0.39, 0.29) is 16.9 Å². The Kier molecular flexibility index (Phi) is 4.90. The lowest BCUT2D eigenvalue weighted by Crippen LogP contribution is -2.33. The van der Waals surface area contributed by atoms with E-state index in [1.165, 1.54) is 18.6 Å². The van der Waals surface area contributed by atoms with Gasteiger partial charge in [0.25, 0.3) is 0 Å². The Morgan fingerprint density at radius 3 is 2.91 bits per heavy atom. The molecule has 0 unspecified atom stereocenters. The minimum atomic E-state index is -0.434. The highest BCUT2D eigenvalue weighted by molar-refractivity contribution is 6.32. The van der Waals surface area contributed by atoms with E-state index in [1.54, 1.807) is 6.07 Å². The molecular weight excluding hydrogens is 318 g/mol. The van der Waals surface area contributed by atoms with Crippen LogP contribution < -0.4 is 5.63 Å². The molecule has 3 rings (SSSR count). The van der Waals surface area contributed by atoms with Crippen molar-refractivity contribution in [1.29, 1.82) is 0 Å². The number of nitrogens with zero attached hydrogens (tertiary/aromatic N) is 1. The van der Waals surface area contributed by atoms with Crippen molar-refractivity contribution < 1.29 is 14.3 Å². The molecule has 1 aliphatic rings. The number of phenols is 1. The quantitative estimate of drug-likeness (QED) is 0.868. The van der Waals surface area contributed by atoms with E-state index in [1.807, 2.05) is 7.05 Å². The van der Waals surface area contributed by atoms with Crippen LogP contribution >= 0.6 is 11.6 Å². The van der Waals surface area contributed by atoms with Crippen molar-refractivity contribution in [3.63, 3.8) is 0 Å². The van der Waals surface area contributed by atoms with Crippen molar-refractivity contribution in [1.82, 2.24) is 4.90 Å². The first kappa shape index (κ1) is 16.3. The molecule has 5 nitrogen and oxygen atoms in total. The number of hydrogen-bond donors (Lipinski definition) is 1. The van der Waals surface area contributed by atoms with Crippen molar-refractivity contribution in [3.8, 4) is 5.75 Å². The average Bonchev–Trinajstić information content (AvgIpc) is 2.50. The number of benzene rings is 1. The van der Waals surface area contributed by atoms with Crippen LogP contribution in [0.4, 0.5) is 0 Å². The van der Waals surface area contributed by atoms with Crippen LogP contribution in [0.25, 0.3) is 11.0 Å². The average molecular weight is 338 g/mol. The highest BCUT2D eigenvalue weighted by Crippen LogP contribution is 2.30. The molecule has 0 amide bonds. The summed E-state index contributed by atoms with van der Waals surface area (Å²) in [4.78, 5) is 13.9. The lowest BCUT2D eigenvalue weighted by atomic mass is 10.1. The first-order chi connectivity index (χ1) is 11.0. The van der Waals surface area contributed by atoms with Crippen molar-refractivity contribution in [2.24, 2.45) is 0 Å². The molecule has 124 valence electrons.